The van der Waals surface area contributed by atoms with Gasteiger partial charge in [0, 0.05) is 5.56 Å². The lowest BCUT2D eigenvalue weighted by molar-refractivity contribution is -0.139. The number of halogens is 1. The van der Waals surface area contributed by atoms with Crippen molar-refractivity contribution in [1.29, 1.82) is 0 Å². The molecule has 0 bridgehead atoms. The Labute approximate surface area is 135 Å². The molecule has 0 aliphatic heterocycles. The van der Waals surface area contributed by atoms with E-state index in [2.05, 4.69) is 11.3 Å². The van der Waals surface area contributed by atoms with Crippen LogP contribution in [0.4, 0.5) is 4.39 Å². The third-order valence-corrected chi connectivity index (χ3v) is 3.40. The van der Waals surface area contributed by atoms with Crippen molar-refractivity contribution in [1.82, 2.24) is 0 Å². The van der Waals surface area contributed by atoms with Gasteiger partial charge in [0.15, 0.2) is 0 Å². The predicted octanol–water partition coefficient (Wildman–Crippen LogP) is 4.15. The van der Waals surface area contributed by atoms with Crippen LogP contribution in [-0.2, 0) is 22.6 Å². The van der Waals surface area contributed by atoms with Crippen molar-refractivity contribution in [2.45, 2.75) is 20.0 Å². The number of esters is 1. The molecule has 3 nitrogen and oxygen atoms in total. The highest BCUT2D eigenvalue weighted by atomic mass is 19.1. The van der Waals surface area contributed by atoms with Gasteiger partial charge < -0.3 is 9.47 Å². The van der Waals surface area contributed by atoms with Gasteiger partial charge in [-0.25, -0.2) is 4.39 Å². The molecule has 4 heteroatoms. The van der Waals surface area contributed by atoms with Gasteiger partial charge in [0.2, 0.25) is 0 Å². The molecule has 0 aromatic heterocycles. The normalized spacial score (nSPS) is 10.2. The highest BCUT2D eigenvalue weighted by Gasteiger charge is 2.11. The molecule has 0 heterocycles. The highest BCUT2D eigenvalue weighted by Crippen LogP contribution is 2.22. The number of benzene rings is 2. The van der Waals surface area contributed by atoms with Crippen molar-refractivity contribution in [2.75, 3.05) is 7.11 Å². The molecule has 0 unspecified atom stereocenters. The summed E-state index contributed by atoms with van der Waals surface area (Å²) < 4.78 is 23.8. The van der Waals surface area contributed by atoms with Gasteiger partial charge in [-0.15, -0.1) is 0 Å². The van der Waals surface area contributed by atoms with Crippen molar-refractivity contribution in [3.8, 4) is 5.75 Å². The molecule has 2 aromatic carbocycles. The second-order valence-electron chi connectivity index (χ2n) is 5.27. The zero-order chi connectivity index (χ0) is 16.8. The Hall–Kier alpha value is -2.62. The van der Waals surface area contributed by atoms with Crippen molar-refractivity contribution in [3.05, 3.63) is 71.6 Å². The highest BCUT2D eigenvalue weighted by molar-refractivity contribution is 5.73. The second kappa shape index (κ2) is 7.58. The van der Waals surface area contributed by atoms with E-state index in [4.69, 9.17) is 4.74 Å². The van der Waals surface area contributed by atoms with E-state index in [0.717, 1.165) is 16.7 Å². The van der Waals surface area contributed by atoms with Crippen LogP contribution in [0.3, 0.4) is 0 Å². The molecule has 120 valence electrons. The maximum absolute atomic E-state index is 13.4. The molecule has 0 aliphatic rings. The molecule has 0 atom stereocenters. The van der Waals surface area contributed by atoms with Crippen LogP contribution in [0.2, 0.25) is 0 Å². The monoisotopic (exact) mass is 314 g/mol. The summed E-state index contributed by atoms with van der Waals surface area (Å²) in [6, 6.07) is 12.0. The van der Waals surface area contributed by atoms with Crippen LogP contribution in [0.1, 0.15) is 23.6 Å². The number of hydrogen-bond donors (Lipinski definition) is 0. The predicted molar refractivity (Wildman–Crippen MR) is 87.6 cm³/mol. The molecule has 0 amide bonds. The lowest BCUT2D eigenvalue weighted by Crippen LogP contribution is -2.07. The van der Waals surface area contributed by atoms with Crippen LogP contribution in [0.25, 0.3) is 5.57 Å². The van der Waals surface area contributed by atoms with Crippen LogP contribution in [0.15, 0.2) is 49.0 Å². The Bertz CT molecular complexity index is 722. The van der Waals surface area contributed by atoms with Crippen LogP contribution >= 0.6 is 0 Å². The Balaban J connectivity index is 2.15. The van der Waals surface area contributed by atoms with Gasteiger partial charge in [-0.05, 0) is 42.3 Å². The molecule has 23 heavy (non-hydrogen) atoms. The molecule has 2 rings (SSSR count). The summed E-state index contributed by atoms with van der Waals surface area (Å²) in [6.45, 7) is 6.18. The average molecular weight is 314 g/mol. The van der Waals surface area contributed by atoms with E-state index in [1.807, 2.05) is 31.2 Å². The van der Waals surface area contributed by atoms with Crippen molar-refractivity contribution in [2.24, 2.45) is 0 Å². The standard InChI is InChI=1S/C19H19FO3/c1-13(2)15-6-4-5-14(9-15)12-23-18-8-7-17(20)10-16(18)11-19(21)22-3/h4-10H,1,11-12H2,2-3H3. The van der Waals surface area contributed by atoms with E-state index >= 15 is 0 Å². The SMILES string of the molecule is C=C(C)c1cccc(COc2ccc(F)cc2CC(=O)OC)c1. The first kappa shape index (κ1) is 16.7. The molecule has 2 aromatic rings. The van der Waals surface area contributed by atoms with Gasteiger partial charge in [0.05, 0.1) is 13.5 Å². The minimum Gasteiger partial charge on any atom is -0.489 e. The fraction of sp³-hybridized carbons (Fsp3) is 0.211. The molecule has 0 spiro atoms. The Morgan fingerprint density at radius 2 is 2.00 bits per heavy atom. The summed E-state index contributed by atoms with van der Waals surface area (Å²) in [5.41, 5.74) is 3.45. The lowest BCUT2D eigenvalue weighted by Gasteiger charge is -2.12. The van der Waals surface area contributed by atoms with Crippen LogP contribution in [0.5, 0.6) is 5.75 Å². The van der Waals surface area contributed by atoms with Gasteiger partial charge in [-0.2, -0.15) is 0 Å². The molecule has 0 fully saturated rings. The number of ether oxygens (including phenoxy) is 2. The number of carbonyl (C=O) groups is 1. The molecule has 0 aliphatic carbocycles. The largest absolute Gasteiger partial charge is 0.489 e. The summed E-state index contributed by atoms with van der Waals surface area (Å²) in [5, 5.41) is 0. The molecule has 0 radical (unpaired) electrons. The number of carbonyl (C=O) groups excluding carboxylic acids is 1. The third kappa shape index (κ3) is 4.68. The van der Waals surface area contributed by atoms with E-state index in [9.17, 15) is 9.18 Å². The summed E-state index contributed by atoms with van der Waals surface area (Å²) in [5.74, 6) is -0.386. The minimum absolute atomic E-state index is 0.0323. The fourth-order valence-corrected chi connectivity index (χ4v) is 2.14. The van der Waals surface area contributed by atoms with Crippen molar-refractivity contribution in [3.63, 3.8) is 0 Å². The Kier molecular flexibility index (Phi) is 5.52. The quantitative estimate of drug-likeness (QED) is 0.751. The first-order valence-electron chi connectivity index (χ1n) is 7.22. The number of hydrogen-bond acceptors (Lipinski definition) is 3. The van der Waals surface area contributed by atoms with Crippen LogP contribution < -0.4 is 4.74 Å². The van der Waals surface area contributed by atoms with E-state index < -0.39 is 11.8 Å². The smallest absolute Gasteiger partial charge is 0.310 e. The number of allylic oxidation sites excluding steroid dienone is 1. The molecule has 0 N–H and O–H groups in total. The van der Waals surface area contributed by atoms with Gasteiger partial charge >= 0.3 is 5.97 Å². The van der Waals surface area contributed by atoms with Gasteiger partial charge in [-0.3, -0.25) is 4.79 Å². The van der Waals surface area contributed by atoms with Gasteiger partial charge in [0.25, 0.3) is 0 Å². The first-order valence-corrected chi connectivity index (χ1v) is 7.22. The Morgan fingerprint density at radius 1 is 1.22 bits per heavy atom. The maximum Gasteiger partial charge on any atom is 0.310 e. The molecular formula is C19H19FO3. The summed E-state index contributed by atoms with van der Waals surface area (Å²) in [6.07, 6.45) is -0.0323. The fourth-order valence-electron chi connectivity index (χ4n) is 2.14. The zero-order valence-corrected chi connectivity index (χ0v) is 13.3. The average Bonchev–Trinajstić information content (AvgIpc) is 2.54. The third-order valence-electron chi connectivity index (χ3n) is 3.40. The van der Waals surface area contributed by atoms with E-state index in [1.54, 1.807) is 0 Å². The summed E-state index contributed by atoms with van der Waals surface area (Å²) in [7, 11) is 1.30. The zero-order valence-electron chi connectivity index (χ0n) is 13.3. The minimum atomic E-state index is -0.440. The maximum atomic E-state index is 13.4. The molecular weight excluding hydrogens is 295 g/mol. The molecule has 0 saturated heterocycles. The van der Waals surface area contributed by atoms with Gasteiger partial charge in [0.1, 0.15) is 18.2 Å². The van der Waals surface area contributed by atoms with Crippen molar-refractivity contribution < 1.29 is 18.7 Å². The first-order chi connectivity index (χ1) is 11.0. The van der Waals surface area contributed by atoms with E-state index in [0.29, 0.717) is 17.9 Å². The van der Waals surface area contributed by atoms with E-state index in [1.165, 1.54) is 25.3 Å². The lowest BCUT2D eigenvalue weighted by atomic mass is 10.1. The van der Waals surface area contributed by atoms with Crippen LogP contribution in [-0.4, -0.2) is 13.1 Å². The Morgan fingerprint density at radius 3 is 2.70 bits per heavy atom. The summed E-state index contributed by atoms with van der Waals surface area (Å²) in [4.78, 5) is 11.4. The summed E-state index contributed by atoms with van der Waals surface area (Å²) >= 11 is 0. The molecule has 0 saturated carbocycles. The number of methoxy groups -OCH3 is 1. The number of rotatable bonds is 6. The van der Waals surface area contributed by atoms with Crippen molar-refractivity contribution >= 4 is 11.5 Å². The topological polar surface area (TPSA) is 35.5 Å². The second-order valence-corrected chi connectivity index (χ2v) is 5.27. The van der Waals surface area contributed by atoms with Crippen LogP contribution in [0, 0.1) is 5.82 Å². The van der Waals surface area contributed by atoms with E-state index in [-0.39, 0.29) is 6.42 Å². The van der Waals surface area contributed by atoms with Gasteiger partial charge in [-0.1, -0.05) is 30.4 Å².